The van der Waals surface area contributed by atoms with Crippen molar-refractivity contribution in [1.29, 1.82) is 0 Å². The first kappa shape index (κ1) is 21.1. The summed E-state index contributed by atoms with van der Waals surface area (Å²) in [5.41, 5.74) is 6.08. The van der Waals surface area contributed by atoms with Crippen LogP contribution in [0.2, 0.25) is 5.02 Å². The highest BCUT2D eigenvalue weighted by atomic mass is 35.5. The Labute approximate surface area is 170 Å². The van der Waals surface area contributed by atoms with Crippen LogP contribution in [0.5, 0.6) is 0 Å². The molecule has 29 heavy (non-hydrogen) atoms. The van der Waals surface area contributed by atoms with Gasteiger partial charge in [0.15, 0.2) is 11.5 Å². The number of benzene rings is 1. The first-order valence-electron chi connectivity index (χ1n) is 9.00. The van der Waals surface area contributed by atoms with E-state index in [1.165, 1.54) is 12.1 Å². The molecule has 156 valence electrons. The van der Waals surface area contributed by atoms with Gasteiger partial charge < -0.3 is 21.4 Å². The Hall–Kier alpha value is -2.59. The molecule has 0 amide bonds. The van der Waals surface area contributed by atoms with Gasteiger partial charge in [-0.1, -0.05) is 31.5 Å². The standard InChI is InChI=1S/C18H21ClF3N7/c1-9(2)14-26-13-15(28-17(24-6-5-23)29-16(13)27-14)25-8-10-3-4-12(19)11(7-10)18(20,21)22/h3-4,7,9H,5-6,8,23H2,1-2H3,(H3,24,25,26,27,28,29). The fraction of sp³-hybridized carbons (Fsp3) is 0.389. The van der Waals surface area contributed by atoms with E-state index in [4.69, 9.17) is 17.3 Å². The molecule has 0 atom stereocenters. The van der Waals surface area contributed by atoms with Gasteiger partial charge in [0.05, 0.1) is 10.6 Å². The molecule has 2 aromatic heterocycles. The van der Waals surface area contributed by atoms with Gasteiger partial charge in [0.1, 0.15) is 11.3 Å². The number of imidazole rings is 1. The maximum absolute atomic E-state index is 13.1. The number of aromatic nitrogens is 4. The number of alkyl halides is 3. The maximum Gasteiger partial charge on any atom is 0.417 e. The van der Waals surface area contributed by atoms with Gasteiger partial charge in [-0.05, 0) is 17.7 Å². The quantitative estimate of drug-likeness (QED) is 0.452. The Morgan fingerprint density at radius 2 is 1.93 bits per heavy atom. The highest BCUT2D eigenvalue weighted by Gasteiger charge is 2.33. The number of hydrogen-bond donors (Lipinski definition) is 4. The largest absolute Gasteiger partial charge is 0.417 e. The van der Waals surface area contributed by atoms with Gasteiger partial charge in [-0.25, -0.2) is 4.98 Å². The van der Waals surface area contributed by atoms with Crippen molar-refractivity contribution < 1.29 is 13.2 Å². The highest BCUT2D eigenvalue weighted by Crippen LogP contribution is 2.35. The fourth-order valence-corrected chi connectivity index (χ4v) is 2.89. The van der Waals surface area contributed by atoms with Crippen LogP contribution >= 0.6 is 11.6 Å². The van der Waals surface area contributed by atoms with Gasteiger partial charge >= 0.3 is 6.18 Å². The minimum atomic E-state index is -4.52. The summed E-state index contributed by atoms with van der Waals surface area (Å²) < 4.78 is 39.3. The molecular formula is C18H21ClF3N7. The molecule has 0 saturated heterocycles. The number of nitrogens with one attached hydrogen (secondary N) is 3. The van der Waals surface area contributed by atoms with E-state index in [2.05, 4.69) is 30.6 Å². The topological polar surface area (TPSA) is 105 Å². The van der Waals surface area contributed by atoms with E-state index in [1.54, 1.807) is 0 Å². The number of halogens is 4. The Kier molecular flexibility index (Phi) is 6.13. The molecular weight excluding hydrogens is 407 g/mol. The first-order chi connectivity index (χ1) is 13.7. The third-order valence-corrected chi connectivity index (χ3v) is 4.47. The van der Waals surface area contributed by atoms with Crippen molar-refractivity contribution in [1.82, 2.24) is 19.9 Å². The lowest BCUT2D eigenvalue weighted by Gasteiger charge is -2.12. The summed E-state index contributed by atoms with van der Waals surface area (Å²) in [5, 5.41) is 5.72. The van der Waals surface area contributed by atoms with Crippen molar-refractivity contribution in [3.8, 4) is 0 Å². The van der Waals surface area contributed by atoms with Crippen LogP contribution in [-0.4, -0.2) is 33.0 Å². The molecule has 1 aromatic carbocycles. The number of rotatable bonds is 7. The zero-order valence-electron chi connectivity index (χ0n) is 15.9. The zero-order valence-corrected chi connectivity index (χ0v) is 16.6. The predicted molar refractivity (Wildman–Crippen MR) is 107 cm³/mol. The number of anilines is 2. The Morgan fingerprint density at radius 1 is 1.17 bits per heavy atom. The van der Waals surface area contributed by atoms with E-state index >= 15 is 0 Å². The summed E-state index contributed by atoms with van der Waals surface area (Å²) in [4.78, 5) is 16.4. The molecule has 5 N–H and O–H groups in total. The Morgan fingerprint density at radius 3 is 2.59 bits per heavy atom. The van der Waals surface area contributed by atoms with Crippen LogP contribution in [0, 0.1) is 0 Å². The monoisotopic (exact) mass is 427 g/mol. The molecule has 11 heteroatoms. The van der Waals surface area contributed by atoms with Crippen LogP contribution in [0.15, 0.2) is 18.2 Å². The van der Waals surface area contributed by atoms with Crippen LogP contribution in [0.4, 0.5) is 24.9 Å². The SMILES string of the molecule is CC(C)c1nc2nc(NCCN)nc(NCc3ccc(Cl)c(C(F)(F)F)c3)c2[nH]1. The van der Waals surface area contributed by atoms with Crippen molar-refractivity contribution >= 4 is 34.5 Å². The van der Waals surface area contributed by atoms with Gasteiger partial charge in [-0.2, -0.15) is 23.1 Å². The van der Waals surface area contributed by atoms with Gasteiger partial charge in [0.25, 0.3) is 0 Å². The van der Waals surface area contributed by atoms with E-state index in [1.807, 2.05) is 13.8 Å². The van der Waals surface area contributed by atoms with E-state index in [0.29, 0.717) is 41.6 Å². The van der Waals surface area contributed by atoms with Crippen molar-refractivity contribution in [2.75, 3.05) is 23.7 Å². The van der Waals surface area contributed by atoms with Gasteiger partial charge in [0, 0.05) is 25.6 Å². The van der Waals surface area contributed by atoms with Crippen LogP contribution in [0.25, 0.3) is 11.2 Å². The molecule has 0 aliphatic carbocycles. The van der Waals surface area contributed by atoms with Crippen molar-refractivity contribution in [2.45, 2.75) is 32.5 Å². The van der Waals surface area contributed by atoms with E-state index in [0.717, 1.165) is 11.9 Å². The third-order valence-electron chi connectivity index (χ3n) is 4.14. The summed E-state index contributed by atoms with van der Waals surface area (Å²) in [6.07, 6.45) is -4.52. The second kappa shape index (κ2) is 8.42. The zero-order chi connectivity index (χ0) is 21.2. The molecule has 0 saturated carbocycles. The van der Waals surface area contributed by atoms with Crippen LogP contribution in [0.3, 0.4) is 0 Å². The first-order valence-corrected chi connectivity index (χ1v) is 9.38. The molecule has 0 aliphatic heterocycles. The molecule has 0 bridgehead atoms. The molecule has 0 unspecified atom stereocenters. The summed E-state index contributed by atoms with van der Waals surface area (Å²) in [6.45, 7) is 4.95. The lowest BCUT2D eigenvalue weighted by atomic mass is 10.1. The van der Waals surface area contributed by atoms with Gasteiger partial charge in [0.2, 0.25) is 5.95 Å². The number of H-pyrrole nitrogens is 1. The molecule has 3 rings (SSSR count). The molecule has 0 aliphatic rings. The Bertz CT molecular complexity index is 1000. The lowest BCUT2D eigenvalue weighted by molar-refractivity contribution is -0.137. The smallest absolute Gasteiger partial charge is 0.364 e. The normalized spacial score (nSPS) is 12.0. The highest BCUT2D eigenvalue weighted by molar-refractivity contribution is 6.31. The summed E-state index contributed by atoms with van der Waals surface area (Å²) in [7, 11) is 0. The van der Waals surface area contributed by atoms with Crippen LogP contribution in [0.1, 0.15) is 36.7 Å². The minimum Gasteiger partial charge on any atom is -0.364 e. The fourth-order valence-electron chi connectivity index (χ4n) is 2.66. The van der Waals surface area contributed by atoms with Crippen LogP contribution in [-0.2, 0) is 12.7 Å². The molecule has 0 spiro atoms. The van der Waals surface area contributed by atoms with E-state index in [-0.39, 0.29) is 17.5 Å². The average molecular weight is 428 g/mol. The second-order valence-electron chi connectivity index (χ2n) is 6.75. The van der Waals surface area contributed by atoms with Crippen LogP contribution < -0.4 is 16.4 Å². The molecule has 2 heterocycles. The maximum atomic E-state index is 13.1. The second-order valence-corrected chi connectivity index (χ2v) is 7.16. The van der Waals surface area contributed by atoms with E-state index < -0.39 is 11.7 Å². The summed E-state index contributed by atoms with van der Waals surface area (Å²) in [5.74, 6) is 1.64. The summed E-state index contributed by atoms with van der Waals surface area (Å²) >= 11 is 5.69. The number of nitrogens with zero attached hydrogens (tertiary/aromatic N) is 3. The Balaban J connectivity index is 1.92. The third kappa shape index (κ3) is 4.88. The predicted octanol–water partition coefficient (Wildman–Crippen LogP) is 4.13. The number of hydrogen-bond acceptors (Lipinski definition) is 6. The van der Waals surface area contributed by atoms with Gasteiger partial charge in [-0.3, -0.25) is 0 Å². The number of aromatic amines is 1. The number of fused-ring (bicyclic) bond motifs is 1. The minimum absolute atomic E-state index is 0.110. The lowest BCUT2D eigenvalue weighted by Crippen LogP contribution is -2.15. The average Bonchev–Trinajstić information content (AvgIpc) is 3.09. The van der Waals surface area contributed by atoms with Crippen molar-refractivity contribution in [3.63, 3.8) is 0 Å². The van der Waals surface area contributed by atoms with Crippen molar-refractivity contribution in [2.24, 2.45) is 5.73 Å². The molecule has 0 radical (unpaired) electrons. The van der Waals surface area contributed by atoms with Crippen molar-refractivity contribution in [3.05, 3.63) is 40.2 Å². The molecule has 7 nitrogen and oxygen atoms in total. The summed E-state index contributed by atoms with van der Waals surface area (Å²) in [6, 6.07) is 3.79. The van der Waals surface area contributed by atoms with Gasteiger partial charge in [-0.15, -0.1) is 0 Å². The van der Waals surface area contributed by atoms with E-state index in [9.17, 15) is 13.2 Å². The molecule has 3 aromatic rings. The number of nitrogens with two attached hydrogens (primary N) is 1. The molecule has 0 fully saturated rings.